The number of sulfonamides is 1. The minimum Gasteiger partial charge on any atom is -0.481 e. The molecule has 2 aromatic carbocycles. The van der Waals surface area contributed by atoms with Crippen molar-refractivity contribution in [1.82, 2.24) is 0 Å². The summed E-state index contributed by atoms with van der Waals surface area (Å²) in [6.45, 7) is 1.74. The van der Waals surface area contributed by atoms with Crippen molar-refractivity contribution in [2.75, 3.05) is 22.9 Å². The van der Waals surface area contributed by atoms with Crippen molar-refractivity contribution in [2.24, 2.45) is 0 Å². The van der Waals surface area contributed by atoms with E-state index in [9.17, 15) is 23.3 Å². The molecular weight excluding hydrogens is 422 g/mol. The van der Waals surface area contributed by atoms with Crippen LogP contribution in [-0.2, 0) is 14.8 Å². The van der Waals surface area contributed by atoms with E-state index in [2.05, 4.69) is 5.32 Å². The second-order valence-corrected chi connectivity index (χ2v) is 8.57. The van der Waals surface area contributed by atoms with Crippen LogP contribution in [0.4, 0.5) is 17.1 Å². The molecule has 0 heterocycles. The molecule has 0 saturated heterocycles. The predicted molar refractivity (Wildman–Crippen MR) is 111 cm³/mol. The van der Waals surface area contributed by atoms with Gasteiger partial charge in [0.05, 0.1) is 27.6 Å². The zero-order chi connectivity index (χ0) is 21.8. The lowest BCUT2D eigenvalue weighted by atomic mass is 10.2. The number of benzene rings is 2. The highest BCUT2D eigenvalue weighted by molar-refractivity contribution is 7.92. The van der Waals surface area contributed by atoms with E-state index in [0.717, 1.165) is 10.6 Å². The highest BCUT2D eigenvalue weighted by Gasteiger charge is 2.21. The van der Waals surface area contributed by atoms with Gasteiger partial charge in [0, 0.05) is 19.2 Å². The van der Waals surface area contributed by atoms with Gasteiger partial charge in [-0.2, -0.15) is 0 Å². The van der Waals surface area contributed by atoms with Crippen molar-refractivity contribution < 1.29 is 22.9 Å². The largest absolute Gasteiger partial charge is 0.481 e. The van der Waals surface area contributed by atoms with E-state index in [-0.39, 0.29) is 16.4 Å². The van der Waals surface area contributed by atoms with Crippen molar-refractivity contribution in [3.63, 3.8) is 0 Å². The van der Waals surface area contributed by atoms with Gasteiger partial charge in [0.25, 0.3) is 11.6 Å². The molecule has 0 aromatic heterocycles. The van der Waals surface area contributed by atoms with Crippen LogP contribution in [0, 0.1) is 10.1 Å². The quantitative estimate of drug-likeness (QED) is 0.495. The van der Waals surface area contributed by atoms with Gasteiger partial charge in [0.15, 0.2) is 6.10 Å². The van der Waals surface area contributed by atoms with Gasteiger partial charge >= 0.3 is 0 Å². The molecule has 1 atom stereocenters. The summed E-state index contributed by atoms with van der Waals surface area (Å²) >= 11 is 6.01. The van der Waals surface area contributed by atoms with Gasteiger partial charge in [0.1, 0.15) is 5.75 Å². The Hall–Kier alpha value is -2.85. The van der Waals surface area contributed by atoms with E-state index in [1.807, 2.05) is 0 Å². The van der Waals surface area contributed by atoms with Gasteiger partial charge in [-0.1, -0.05) is 18.5 Å². The molecule has 0 saturated carbocycles. The number of rotatable bonds is 8. The molecule has 1 N–H and O–H groups in total. The Morgan fingerprint density at radius 1 is 1.28 bits per heavy atom. The average molecular weight is 442 g/mol. The zero-order valence-corrected chi connectivity index (χ0v) is 17.5. The number of carbonyl (C=O) groups excluding carboxylic acids is 1. The van der Waals surface area contributed by atoms with E-state index in [4.69, 9.17) is 16.3 Å². The van der Waals surface area contributed by atoms with Gasteiger partial charge in [0.2, 0.25) is 10.0 Å². The summed E-state index contributed by atoms with van der Waals surface area (Å²) in [6, 6.07) is 9.94. The maximum Gasteiger partial charge on any atom is 0.271 e. The third kappa shape index (κ3) is 5.81. The van der Waals surface area contributed by atoms with Gasteiger partial charge < -0.3 is 10.1 Å². The third-order valence-corrected chi connectivity index (χ3v) is 5.59. The first kappa shape index (κ1) is 22.4. The predicted octanol–water partition coefficient (Wildman–Crippen LogP) is 3.44. The van der Waals surface area contributed by atoms with Gasteiger partial charge in [-0.05, 0) is 36.8 Å². The Bertz CT molecular complexity index is 1010. The number of amides is 1. The second-order valence-electron chi connectivity index (χ2n) is 6.15. The molecule has 156 valence electrons. The normalized spacial score (nSPS) is 12.1. The number of nitro benzene ring substituents is 1. The van der Waals surface area contributed by atoms with Crippen LogP contribution in [0.25, 0.3) is 0 Å². The Balaban J connectivity index is 2.13. The maximum absolute atomic E-state index is 12.5. The molecule has 1 unspecified atom stereocenters. The van der Waals surface area contributed by atoms with E-state index < -0.39 is 27.0 Å². The van der Waals surface area contributed by atoms with Crippen molar-refractivity contribution in [3.8, 4) is 5.75 Å². The van der Waals surface area contributed by atoms with E-state index in [1.165, 1.54) is 25.2 Å². The van der Waals surface area contributed by atoms with Crippen LogP contribution in [0.3, 0.4) is 0 Å². The fourth-order valence-electron chi connectivity index (χ4n) is 2.35. The molecule has 2 rings (SSSR count). The molecule has 1 amide bonds. The summed E-state index contributed by atoms with van der Waals surface area (Å²) in [5, 5.41) is 13.6. The average Bonchev–Trinajstić information content (AvgIpc) is 2.66. The molecule has 0 aliphatic carbocycles. The van der Waals surface area contributed by atoms with Crippen molar-refractivity contribution in [1.29, 1.82) is 0 Å². The molecule has 0 bridgehead atoms. The smallest absolute Gasteiger partial charge is 0.271 e. The van der Waals surface area contributed by atoms with Crippen LogP contribution in [0.2, 0.25) is 5.02 Å². The Morgan fingerprint density at radius 3 is 2.41 bits per heavy atom. The molecule has 11 heteroatoms. The number of anilines is 2. The number of hydrogen-bond donors (Lipinski definition) is 1. The molecule has 0 spiro atoms. The summed E-state index contributed by atoms with van der Waals surface area (Å²) in [5.41, 5.74) is 0.350. The SMILES string of the molecule is CCC(Oc1ccc(N(C)S(C)(=O)=O)cc1)C(=O)Nc1cc([N+](=O)[O-])ccc1Cl. The van der Waals surface area contributed by atoms with Gasteiger partial charge in [-0.3, -0.25) is 19.2 Å². The van der Waals surface area contributed by atoms with Crippen LogP contribution in [-0.4, -0.2) is 38.7 Å². The zero-order valence-electron chi connectivity index (χ0n) is 16.0. The molecular formula is C18H20ClN3O6S. The summed E-state index contributed by atoms with van der Waals surface area (Å²) in [4.78, 5) is 22.9. The van der Waals surface area contributed by atoms with E-state index >= 15 is 0 Å². The maximum atomic E-state index is 12.5. The number of ether oxygens (including phenoxy) is 1. The van der Waals surface area contributed by atoms with E-state index in [0.29, 0.717) is 17.9 Å². The fourth-order valence-corrected chi connectivity index (χ4v) is 3.02. The summed E-state index contributed by atoms with van der Waals surface area (Å²) in [6.07, 6.45) is 0.529. The van der Waals surface area contributed by atoms with Crippen LogP contribution in [0.5, 0.6) is 5.75 Å². The Morgan fingerprint density at radius 2 is 1.90 bits per heavy atom. The number of halogens is 1. The lowest BCUT2D eigenvalue weighted by molar-refractivity contribution is -0.384. The molecule has 0 aliphatic rings. The highest BCUT2D eigenvalue weighted by Crippen LogP contribution is 2.27. The number of carbonyl (C=O) groups is 1. The summed E-state index contributed by atoms with van der Waals surface area (Å²) in [7, 11) is -1.96. The number of non-ortho nitro benzene ring substituents is 1. The van der Waals surface area contributed by atoms with Crippen LogP contribution >= 0.6 is 11.6 Å². The lowest BCUT2D eigenvalue weighted by Gasteiger charge is -2.19. The first-order valence-corrected chi connectivity index (χ1v) is 10.7. The van der Waals surface area contributed by atoms with Crippen molar-refractivity contribution in [2.45, 2.75) is 19.4 Å². The molecule has 0 radical (unpaired) electrons. The number of nitro groups is 1. The summed E-state index contributed by atoms with van der Waals surface area (Å²) < 4.78 is 30.0. The molecule has 0 fully saturated rings. The van der Waals surface area contributed by atoms with Crippen LogP contribution in [0.15, 0.2) is 42.5 Å². The topological polar surface area (TPSA) is 119 Å². The van der Waals surface area contributed by atoms with Crippen molar-refractivity contribution in [3.05, 3.63) is 57.6 Å². The standard InChI is InChI=1S/C18H20ClN3O6S/c1-4-17(18(23)20-16-11-13(22(24)25)7-10-15(16)19)28-14-8-5-12(6-9-14)21(2)29(3,26)27/h5-11,17H,4H2,1-3H3,(H,20,23). The molecule has 2 aromatic rings. The van der Waals surface area contributed by atoms with Crippen LogP contribution < -0.4 is 14.4 Å². The molecule has 29 heavy (non-hydrogen) atoms. The number of hydrogen-bond acceptors (Lipinski definition) is 6. The summed E-state index contributed by atoms with van der Waals surface area (Å²) in [5.74, 6) is -0.157. The number of nitrogens with one attached hydrogen (secondary N) is 1. The van der Waals surface area contributed by atoms with E-state index in [1.54, 1.807) is 31.2 Å². The van der Waals surface area contributed by atoms with Gasteiger partial charge in [-0.15, -0.1) is 0 Å². The Kier molecular flexibility index (Phi) is 7.04. The third-order valence-electron chi connectivity index (χ3n) is 4.06. The van der Waals surface area contributed by atoms with Crippen molar-refractivity contribution >= 4 is 44.6 Å². The second kappa shape index (κ2) is 9.10. The molecule has 0 aliphatic heterocycles. The first-order chi connectivity index (χ1) is 13.5. The first-order valence-electron chi connectivity index (χ1n) is 8.48. The van der Waals surface area contributed by atoms with Crippen LogP contribution in [0.1, 0.15) is 13.3 Å². The monoisotopic (exact) mass is 441 g/mol. The minimum absolute atomic E-state index is 0.109. The van der Waals surface area contributed by atoms with Gasteiger partial charge in [-0.25, -0.2) is 8.42 Å². The highest BCUT2D eigenvalue weighted by atomic mass is 35.5. The fraction of sp³-hybridized carbons (Fsp3) is 0.278. The Labute approximate surface area is 173 Å². The molecule has 9 nitrogen and oxygen atoms in total. The lowest BCUT2D eigenvalue weighted by Crippen LogP contribution is -2.32. The minimum atomic E-state index is -3.39. The number of nitrogens with zero attached hydrogens (tertiary/aromatic N) is 2.